The second-order valence-electron chi connectivity index (χ2n) is 7.04. The highest BCUT2D eigenvalue weighted by Gasteiger charge is 2.36. The van der Waals surface area contributed by atoms with Gasteiger partial charge in [0.1, 0.15) is 23.4 Å². The van der Waals surface area contributed by atoms with E-state index in [1.54, 1.807) is 32.9 Å². The van der Waals surface area contributed by atoms with Crippen LogP contribution >= 0.6 is 0 Å². The van der Waals surface area contributed by atoms with Gasteiger partial charge in [-0.25, -0.2) is 14.6 Å². The molecule has 10 heteroatoms. The van der Waals surface area contributed by atoms with Crippen LogP contribution in [-0.2, 0) is 14.3 Å². The monoisotopic (exact) mass is 377 g/mol. The van der Waals surface area contributed by atoms with Crippen molar-refractivity contribution >= 4 is 36.0 Å². The van der Waals surface area contributed by atoms with E-state index in [0.717, 1.165) is 4.90 Å². The Bertz CT molecular complexity index is 734. The van der Waals surface area contributed by atoms with Gasteiger partial charge in [-0.2, -0.15) is 4.99 Å². The molecule has 146 valence electrons. The van der Waals surface area contributed by atoms with Crippen molar-refractivity contribution in [3.8, 4) is 0 Å². The van der Waals surface area contributed by atoms with Crippen molar-refractivity contribution in [2.24, 2.45) is 15.9 Å². The number of fused-ring (bicyclic) bond motifs is 1. The number of ether oxygens (including phenoxy) is 1. The summed E-state index contributed by atoms with van der Waals surface area (Å²) >= 11 is 0. The number of dihydropyridines is 1. The van der Waals surface area contributed by atoms with Crippen LogP contribution in [0.3, 0.4) is 0 Å². The number of nitrogens with one attached hydrogen (secondary N) is 2. The number of hydrogen-bond donors (Lipinski definition) is 2. The van der Waals surface area contributed by atoms with Gasteiger partial charge in [0.2, 0.25) is 11.8 Å². The maximum absolute atomic E-state index is 12.4. The summed E-state index contributed by atoms with van der Waals surface area (Å²) < 4.78 is 5.08. The van der Waals surface area contributed by atoms with Crippen molar-refractivity contribution in [3.05, 3.63) is 12.2 Å². The number of allylic oxidation sites excluding steroid dienone is 1. The fraction of sp³-hybridized carbons (Fsp3) is 0.529. The standard InChI is InChI=1S/C17H23N5O5/c1-10(20-16(26)27-17(2,3)4)13(23)19-8-9-22-14(24)11-6-5-7-18-12(11)21-15(22)25/h5-7,10-11H,8-9H2,1-4H3,(H,19,23)(H,20,26). The van der Waals surface area contributed by atoms with Crippen molar-refractivity contribution < 1.29 is 23.9 Å². The Morgan fingerprint density at radius 3 is 2.70 bits per heavy atom. The average molecular weight is 377 g/mol. The molecule has 0 saturated heterocycles. The molecule has 2 aliphatic rings. The second-order valence-corrected chi connectivity index (χ2v) is 7.04. The molecule has 0 aromatic carbocycles. The smallest absolute Gasteiger partial charge is 0.408 e. The summed E-state index contributed by atoms with van der Waals surface area (Å²) in [6.07, 6.45) is 3.98. The fourth-order valence-electron chi connectivity index (χ4n) is 2.36. The van der Waals surface area contributed by atoms with Crippen molar-refractivity contribution in [1.29, 1.82) is 0 Å². The van der Waals surface area contributed by atoms with E-state index in [2.05, 4.69) is 20.6 Å². The third-order valence-corrected chi connectivity index (χ3v) is 3.61. The Morgan fingerprint density at radius 2 is 2.04 bits per heavy atom. The zero-order valence-electron chi connectivity index (χ0n) is 15.7. The van der Waals surface area contributed by atoms with E-state index < -0.39 is 41.5 Å². The zero-order chi connectivity index (χ0) is 20.2. The molecule has 0 radical (unpaired) electrons. The molecule has 5 amide bonds. The fourth-order valence-corrected chi connectivity index (χ4v) is 2.36. The molecule has 2 rings (SSSR count). The van der Waals surface area contributed by atoms with Gasteiger partial charge in [-0.05, 0) is 33.8 Å². The van der Waals surface area contributed by atoms with E-state index in [1.807, 2.05) is 0 Å². The third-order valence-electron chi connectivity index (χ3n) is 3.61. The lowest BCUT2D eigenvalue weighted by Crippen LogP contribution is -2.51. The van der Waals surface area contributed by atoms with E-state index in [9.17, 15) is 19.2 Å². The predicted octanol–water partition coefficient (Wildman–Crippen LogP) is 0.633. The van der Waals surface area contributed by atoms with Crippen LogP contribution in [0.1, 0.15) is 27.7 Å². The van der Waals surface area contributed by atoms with E-state index in [4.69, 9.17) is 4.74 Å². The third kappa shape index (κ3) is 5.47. The van der Waals surface area contributed by atoms with Gasteiger partial charge in [0.25, 0.3) is 0 Å². The molecule has 2 aliphatic heterocycles. The van der Waals surface area contributed by atoms with Crippen LogP contribution in [0.4, 0.5) is 9.59 Å². The molecule has 0 aliphatic carbocycles. The van der Waals surface area contributed by atoms with Gasteiger partial charge in [-0.1, -0.05) is 6.08 Å². The molecule has 2 atom stereocenters. The first-order valence-corrected chi connectivity index (χ1v) is 8.50. The van der Waals surface area contributed by atoms with Gasteiger partial charge in [-0.15, -0.1) is 0 Å². The zero-order valence-corrected chi connectivity index (χ0v) is 15.7. The molecule has 10 nitrogen and oxygen atoms in total. The highest BCUT2D eigenvalue weighted by Crippen LogP contribution is 2.18. The van der Waals surface area contributed by atoms with Crippen LogP contribution in [0, 0.1) is 5.92 Å². The van der Waals surface area contributed by atoms with Crippen molar-refractivity contribution in [1.82, 2.24) is 15.5 Å². The van der Waals surface area contributed by atoms with Gasteiger partial charge in [0.05, 0.1) is 0 Å². The highest BCUT2D eigenvalue weighted by atomic mass is 16.6. The van der Waals surface area contributed by atoms with Crippen LogP contribution in [0.25, 0.3) is 0 Å². The summed E-state index contributed by atoms with van der Waals surface area (Å²) in [5.41, 5.74) is -0.674. The molecule has 2 unspecified atom stereocenters. The maximum Gasteiger partial charge on any atom is 0.408 e. The van der Waals surface area contributed by atoms with Gasteiger partial charge < -0.3 is 15.4 Å². The van der Waals surface area contributed by atoms with Crippen LogP contribution in [0.5, 0.6) is 0 Å². The van der Waals surface area contributed by atoms with Crippen molar-refractivity contribution in [2.45, 2.75) is 39.3 Å². The largest absolute Gasteiger partial charge is 0.444 e. The summed E-state index contributed by atoms with van der Waals surface area (Å²) in [6.45, 7) is 6.63. The Kier molecular flexibility index (Phi) is 6.09. The maximum atomic E-state index is 12.4. The molecule has 0 fully saturated rings. The van der Waals surface area contributed by atoms with Gasteiger partial charge in [0, 0.05) is 19.3 Å². The Labute approximate surface area is 156 Å². The van der Waals surface area contributed by atoms with Crippen LogP contribution in [0.2, 0.25) is 0 Å². The van der Waals surface area contributed by atoms with E-state index >= 15 is 0 Å². The predicted molar refractivity (Wildman–Crippen MR) is 97.5 cm³/mol. The molecule has 2 heterocycles. The number of aliphatic imine (C=N–C) groups is 2. The summed E-state index contributed by atoms with van der Waals surface area (Å²) in [7, 11) is 0. The first-order valence-electron chi connectivity index (χ1n) is 8.50. The average Bonchev–Trinajstić information content (AvgIpc) is 2.55. The summed E-state index contributed by atoms with van der Waals surface area (Å²) in [6, 6.07) is -1.55. The number of urea groups is 1. The highest BCUT2D eigenvalue weighted by molar-refractivity contribution is 6.19. The number of carbonyl (C=O) groups is 4. The lowest BCUT2D eigenvalue weighted by atomic mass is 10.0. The summed E-state index contributed by atoms with van der Waals surface area (Å²) in [5, 5.41) is 4.97. The number of amides is 5. The van der Waals surface area contributed by atoms with E-state index in [1.165, 1.54) is 13.1 Å². The molecule has 0 aromatic rings. The molecule has 0 saturated carbocycles. The number of carbonyl (C=O) groups excluding carboxylic acids is 4. The number of imide groups is 1. The number of hydrogen-bond acceptors (Lipinski definition) is 6. The molecule has 0 spiro atoms. The lowest BCUT2D eigenvalue weighted by Gasteiger charge is -2.27. The van der Waals surface area contributed by atoms with E-state index in [-0.39, 0.29) is 18.9 Å². The summed E-state index contributed by atoms with van der Waals surface area (Å²) in [5.74, 6) is -1.42. The molecule has 0 aromatic heterocycles. The number of alkyl carbamates (subject to hydrolysis) is 1. The first-order chi connectivity index (χ1) is 12.6. The van der Waals surface area contributed by atoms with Crippen LogP contribution < -0.4 is 10.6 Å². The molecule has 2 N–H and O–H groups in total. The molecule has 0 bridgehead atoms. The Morgan fingerprint density at radius 1 is 1.33 bits per heavy atom. The number of nitrogens with zero attached hydrogens (tertiary/aromatic N) is 3. The topological polar surface area (TPSA) is 130 Å². The minimum Gasteiger partial charge on any atom is -0.444 e. The molecule has 27 heavy (non-hydrogen) atoms. The first kappa shape index (κ1) is 20.3. The Balaban J connectivity index is 1.82. The van der Waals surface area contributed by atoms with Crippen LogP contribution in [0.15, 0.2) is 22.1 Å². The molecular formula is C17H23N5O5. The second kappa shape index (κ2) is 8.11. The van der Waals surface area contributed by atoms with Gasteiger partial charge >= 0.3 is 12.1 Å². The SMILES string of the molecule is CC(NC(=O)OC(C)(C)C)C(=O)NCCN1C(=O)N=C2N=CC=CC2C1=O. The van der Waals surface area contributed by atoms with Gasteiger partial charge in [-0.3, -0.25) is 14.5 Å². The minimum absolute atomic E-state index is 0.0290. The quantitative estimate of drug-likeness (QED) is 0.726. The Hall–Kier alpha value is -3.04. The lowest BCUT2D eigenvalue weighted by molar-refractivity contribution is -0.130. The normalized spacial score (nSPS) is 19.9. The van der Waals surface area contributed by atoms with E-state index in [0.29, 0.717) is 0 Å². The number of rotatable bonds is 5. The van der Waals surface area contributed by atoms with Crippen LogP contribution in [-0.4, -0.2) is 65.6 Å². The minimum atomic E-state index is -0.840. The van der Waals surface area contributed by atoms with Crippen molar-refractivity contribution in [3.63, 3.8) is 0 Å². The number of amidine groups is 1. The summed E-state index contributed by atoms with van der Waals surface area (Å²) in [4.78, 5) is 56.7. The van der Waals surface area contributed by atoms with Gasteiger partial charge in [0.15, 0.2) is 0 Å². The molecular weight excluding hydrogens is 354 g/mol. The van der Waals surface area contributed by atoms with Crippen molar-refractivity contribution in [2.75, 3.05) is 13.1 Å².